The quantitative estimate of drug-likeness (QED) is 0.735. The Morgan fingerprint density at radius 3 is 2.26 bits per heavy atom. The fourth-order valence-corrected chi connectivity index (χ4v) is 2.50. The van der Waals surface area contributed by atoms with Gasteiger partial charge in [-0.1, -0.05) is 0 Å². The molecule has 3 N–H and O–H groups in total. The highest BCUT2D eigenvalue weighted by atomic mass is 16.3. The molecule has 2 rings (SSSR count). The lowest BCUT2D eigenvalue weighted by Gasteiger charge is -2.28. The van der Waals surface area contributed by atoms with Crippen molar-refractivity contribution >= 4 is 23.2 Å². The van der Waals surface area contributed by atoms with E-state index in [9.17, 15) is 9.59 Å². The van der Waals surface area contributed by atoms with Crippen LogP contribution in [0.4, 0.5) is 11.4 Å². The molecule has 6 heteroatoms. The van der Waals surface area contributed by atoms with E-state index in [1.165, 1.54) is 19.3 Å². The fraction of sp³-hybridized carbons (Fsp3) is 0.529. The van der Waals surface area contributed by atoms with Crippen molar-refractivity contribution in [3.05, 3.63) is 24.3 Å². The minimum absolute atomic E-state index is 0.240. The molecule has 0 saturated carbocycles. The molecule has 1 saturated heterocycles. The molecule has 126 valence electrons. The van der Waals surface area contributed by atoms with E-state index in [0.717, 1.165) is 18.8 Å². The van der Waals surface area contributed by atoms with Crippen LogP contribution in [0.1, 0.15) is 33.1 Å². The summed E-state index contributed by atoms with van der Waals surface area (Å²) in [5.74, 6) is -1.50. The number of rotatable bonds is 4. The summed E-state index contributed by atoms with van der Waals surface area (Å²) in [7, 11) is 0. The van der Waals surface area contributed by atoms with Crippen molar-refractivity contribution < 1.29 is 14.7 Å². The molecule has 6 nitrogen and oxygen atoms in total. The number of carbonyl (C=O) groups excluding carboxylic acids is 2. The van der Waals surface area contributed by atoms with Crippen molar-refractivity contribution in [1.29, 1.82) is 0 Å². The largest absolute Gasteiger partial charge is 0.394 e. The summed E-state index contributed by atoms with van der Waals surface area (Å²) < 4.78 is 0. The molecule has 0 bridgehead atoms. The van der Waals surface area contributed by atoms with Gasteiger partial charge in [-0.25, -0.2) is 0 Å². The molecule has 0 spiro atoms. The van der Waals surface area contributed by atoms with Gasteiger partial charge in [0.2, 0.25) is 0 Å². The molecular formula is C17H25N3O3. The number of piperidine rings is 1. The Morgan fingerprint density at radius 1 is 1.09 bits per heavy atom. The summed E-state index contributed by atoms with van der Waals surface area (Å²) in [6.45, 7) is 5.17. The summed E-state index contributed by atoms with van der Waals surface area (Å²) in [6, 6.07) is 7.51. The van der Waals surface area contributed by atoms with Crippen molar-refractivity contribution in [2.75, 3.05) is 29.9 Å². The van der Waals surface area contributed by atoms with Gasteiger partial charge in [0.1, 0.15) is 0 Å². The number of aliphatic hydroxyl groups excluding tert-OH is 1. The molecule has 0 unspecified atom stereocenters. The van der Waals surface area contributed by atoms with Crippen LogP contribution in [0, 0.1) is 0 Å². The molecule has 0 aliphatic carbocycles. The van der Waals surface area contributed by atoms with E-state index in [4.69, 9.17) is 5.11 Å². The Hall–Kier alpha value is -2.08. The van der Waals surface area contributed by atoms with Crippen molar-refractivity contribution in [3.63, 3.8) is 0 Å². The van der Waals surface area contributed by atoms with Crippen LogP contribution in [0.15, 0.2) is 24.3 Å². The van der Waals surface area contributed by atoms with Crippen molar-refractivity contribution in [1.82, 2.24) is 5.32 Å². The normalized spacial score (nSPS) is 15.2. The zero-order valence-corrected chi connectivity index (χ0v) is 13.8. The summed E-state index contributed by atoms with van der Waals surface area (Å²) in [6.07, 6.45) is 3.70. The second-order valence-corrected chi connectivity index (χ2v) is 6.54. The van der Waals surface area contributed by atoms with Gasteiger partial charge in [0.25, 0.3) is 0 Å². The predicted octanol–water partition coefficient (Wildman–Crippen LogP) is 1.50. The van der Waals surface area contributed by atoms with Gasteiger partial charge in [-0.15, -0.1) is 0 Å². The first kappa shape index (κ1) is 17.3. The summed E-state index contributed by atoms with van der Waals surface area (Å²) in [5.41, 5.74) is 0.883. The van der Waals surface area contributed by atoms with Crippen LogP contribution < -0.4 is 15.5 Å². The number of anilines is 2. The summed E-state index contributed by atoms with van der Waals surface area (Å²) >= 11 is 0. The smallest absolute Gasteiger partial charge is 0.313 e. The molecular weight excluding hydrogens is 294 g/mol. The lowest BCUT2D eigenvalue weighted by molar-refractivity contribution is -0.137. The number of amides is 2. The average Bonchev–Trinajstić information content (AvgIpc) is 2.56. The van der Waals surface area contributed by atoms with Gasteiger partial charge < -0.3 is 20.6 Å². The van der Waals surface area contributed by atoms with Crippen LogP contribution in [0.2, 0.25) is 0 Å². The van der Waals surface area contributed by atoms with E-state index in [1.807, 2.05) is 12.1 Å². The fourth-order valence-electron chi connectivity index (χ4n) is 2.50. The van der Waals surface area contributed by atoms with Crippen molar-refractivity contribution in [3.8, 4) is 0 Å². The molecule has 1 aliphatic rings. The number of nitrogens with one attached hydrogen (secondary N) is 2. The van der Waals surface area contributed by atoms with E-state index < -0.39 is 17.4 Å². The highest BCUT2D eigenvalue weighted by Crippen LogP contribution is 2.21. The maximum Gasteiger partial charge on any atom is 0.313 e. The first-order valence-electron chi connectivity index (χ1n) is 8.01. The Bertz CT molecular complexity index is 549. The molecule has 1 fully saturated rings. The molecule has 0 atom stereocenters. The highest BCUT2D eigenvalue weighted by Gasteiger charge is 2.23. The Kier molecular flexibility index (Phi) is 5.60. The third kappa shape index (κ3) is 4.96. The molecule has 23 heavy (non-hydrogen) atoms. The third-order valence-corrected chi connectivity index (χ3v) is 3.90. The molecule has 0 aromatic heterocycles. The highest BCUT2D eigenvalue weighted by molar-refractivity contribution is 6.39. The van der Waals surface area contributed by atoms with Gasteiger partial charge in [-0.05, 0) is 57.4 Å². The second kappa shape index (κ2) is 7.46. The topological polar surface area (TPSA) is 81.7 Å². The van der Waals surface area contributed by atoms with Gasteiger partial charge in [0.05, 0.1) is 12.1 Å². The van der Waals surface area contributed by atoms with Crippen LogP contribution >= 0.6 is 0 Å². The SMILES string of the molecule is CC(C)(CO)NC(=O)C(=O)Nc1ccc(N2CCCCC2)cc1. The van der Waals surface area contributed by atoms with E-state index in [2.05, 4.69) is 15.5 Å². The summed E-state index contributed by atoms with van der Waals surface area (Å²) in [5, 5.41) is 14.2. The first-order valence-corrected chi connectivity index (χ1v) is 8.01. The lowest BCUT2D eigenvalue weighted by atomic mass is 10.1. The molecule has 1 aliphatic heterocycles. The van der Waals surface area contributed by atoms with Crippen LogP contribution in [0.3, 0.4) is 0 Å². The molecule has 1 heterocycles. The monoisotopic (exact) mass is 319 g/mol. The number of benzene rings is 1. The number of hydrogen-bond acceptors (Lipinski definition) is 4. The number of nitrogens with zero attached hydrogens (tertiary/aromatic N) is 1. The van der Waals surface area contributed by atoms with Gasteiger partial charge in [0.15, 0.2) is 0 Å². The zero-order chi connectivity index (χ0) is 16.9. The van der Waals surface area contributed by atoms with Gasteiger partial charge in [0, 0.05) is 24.5 Å². The van der Waals surface area contributed by atoms with Crippen molar-refractivity contribution in [2.24, 2.45) is 0 Å². The molecule has 0 radical (unpaired) electrons. The maximum absolute atomic E-state index is 11.9. The van der Waals surface area contributed by atoms with E-state index in [0.29, 0.717) is 5.69 Å². The van der Waals surface area contributed by atoms with E-state index in [1.54, 1.807) is 26.0 Å². The molecule has 1 aromatic carbocycles. The average molecular weight is 319 g/mol. The first-order chi connectivity index (χ1) is 10.9. The number of carbonyl (C=O) groups is 2. The molecule has 1 aromatic rings. The molecule has 2 amide bonds. The van der Waals surface area contributed by atoms with E-state index in [-0.39, 0.29) is 6.61 Å². The Balaban J connectivity index is 1.92. The van der Waals surface area contributed by atoms with E-state index >= 15 is 0 Å². The van der Waals surface area contributed by atoms with Gasteiger partial charge >= 0.3 is 11.8 Å². The predicted molar refractivity (Wildman–Crippen MR) is 90.4 cm³/mol. The third-order valence-electron chi connectivity index (χ3n) is 3.90. The summed E-state index contributed by atoms with van der Waals surface area (Å²) in [4.78, 5) is 26.0. The minimum Gasteiger partial charge on any atom is -0.394 e. The lowest BCUT2D eigenvalue weighted by Crippen LogP contribution is -2.50. The number of aliphatic hydroxyl groups is 1. The van der Waals surface area contributed by atoms with Crippen LogP contribution in [-0.4, -0.2) is 42.2 Å². The van der Waals surface area contributed by atoms with Crippen LogP contribution in [0.25, 0.3) is 0 Å². The Labute approximate surface area is 136 Å². The Morgan fingerprint density at radius 2 is 1.70 bits per heavy atom. The van der Waals surface area contributed by atoms with Crippen molar-refractivity contribution in [2.45, 2.75) is 38.6 Å². The second-order valence-electron chi connectivity index (χ2n) is 6.54. The number of hydrogen-bond donors (Lipinski definition) is 3. The zero-order valence-electron chi connectivity index (χ0n) is 13.8. The minimum atomic E-state index is -0.827. The maximum atomic E-state index is 11.9. The standard InChI is InChI=1S/C17H25N3O3/c1-17(2,12-21)19-16(23)15(22)18-13-6-8-14(9-7-13)20-10-4-3-5-11-20/h6-9,21H,3-5,10-12H2,1-2H3,(H,18,22)(H,19,23). The van der Waals surface area contributed by atoms with Crippen LogP contribution in [0.5, 0.6) is 0 Å². The van der Waals surface area contributed by atoms with Crippen LogP contribution in [-0.2, 0) is 9.59 Å². The van der Waals surface area contributed by atoms with Gasteiger partial charge in [-0.2, -0.15) is 0 Å². The van der Waals surface area contributed by atoms with Gasteiger partial charge in [-0.3, -0.25) is 9.59 Å².